The smallest absolute Gasteiger partial charge is 0.407 e. The average Bonchev–Trinajstić information content (AvgIpc) is 3.25. The van der Waals surface area contributed by atoms with E-state index in [9.17, 15) is 33.9 Å². The summed E-state index contributed by atoms with van der Waals surface area (Å²) >= 11 is 4.11. The molecule has 6 amide bonds. The third kappa shape index (κ3) is 13.3. The number of likely N-dealkylation sites (tertiary alicyclic amines) is 1. The summed E-state index contributed by atoms with van der Waals surface area (Å²) < 4.78 is 5.01. The summed E-state index contributed by atoms with van der Waals surface area (Å²) in [7, 11) is 1.45. The quantitative estimate of drug-likeness (QED) is 0.0438. The number of benzene rings is 1. The highest BCUT2D eigenvalue weighted by Crippen LogP contribution is 2.19. The number of carbonyl (C=O) groups excluding carboxylic acids is 6. The molecule has 16 heteroatoms. The van der Waals surface area contributed by atoms with Gasteiger partial charge in [0.05, 0.1) is 5.25 Å². The molecule has 4 atom stereocenters. The second kappa shape index (κ2) is 19.7. The Balaban J connectivity index is 1.93. The molecule has 256 valence electrons. The SMILES string of the molecule is CNC(=O)OCc1ccc(NC(=O)[C@H](CCCNC(N)O)NC(=O)[C@@H](NC(=O)CCCCCN2C(=O)CC(S)C2=O)C(C)C)cc1. The molecule has 1 fully saturated rings. The van der Waals surface area contributed by atoms with Crippen molar-refractivity contribution in [1.82, 2.24) is 26.2 Å². The lowest BCUT2D eigenvalue weighted by atomic mass is 10.0. The predicted molar refractivity (Wildman–Crippen MR) is 173 cm³/mol. The molecule has 0 radical (unpaired) electrons. The second-order valence-electron chi connectivity index (χ2n) is 11.3. The lowest BCUT2D eigenvalue weighted by molar-refractivity contribution is -0.138. The molecule has 2 rings (SSSR count). The summed E-state index contributed by atoms with van der Waals surface area (Å²) in [6.07, 6.45) is 0.725. The summed E-state index contributed by atoms with van der Waals surface area (Å²) in [5.41, 5.74) is 6.48. The van der Waals surface area contributed by atoms with Crippen molar-refractivity contribution in [3.63, 3.8) is 0 Å². The van der Waals surface area contributed by atoms with Gasteiger partial charge >= 0.3 is 6.09 Å². The van der Waals surface area contributed by atoms with Gasteiger partial charge in [0, 0.05) is 32.1 Å². The monoisotopic (exact) mass is 665 g/mol. The first-order chi connectivity index (χ1) is 21.8. The number of imide groups is 1. The Bertz CT molecular complexity index is 1200. The predicted octanol–water partition coefficient (Wildman–Crippen LogP) is 0.329. The average molecular weight is 666 g/mol. The van der Waals surface area contributed by atoms with Crippen LogP contribution in [-0.2, 0) is 35.3 Å². The summed E-state index contributed by atoms with van der Waals surface area (Å²) in [5.74, 6) is -2.16. The lowest BCUT2D eigenvalue weighted by Crippen LogP contribution is -2.54. The zero-order valence-corrected chi connectivity index (χ0v) is 27.4. The van der Waals surface area contributed by atoms with E-state index >= 15 is 0 Å². The zero-order valence-electron chi connectivity index (χ0n) is 26.5. The van der Waals surface area contributed by atoms with Crippen molar-refractivity contribution in [1.29, 1.82) is 0 Å². The van der Waals surface area contributed by atoms with Crippen LogP contribution in [0.5, 0.6) is 0 Å². The normalized spacial score (nSPS) is 16.5. The fraction of sp³-hybridized carbons (Fsp3) is 0.600. The topological polar surface area (TPSA) is 221 Å². The van der Waals surface area contributed by atoms with Crippen LogP contribution < -0.4 is 32.3 Å². The van der Waals surface area contributed by atoms with Crippen LogP contribution in [-0.4, -0.2) is 89.5 Å². The van der Waals surface area contributed by atoms with E-state index in [0.29, 0.717) is 36.9 Å². The van der Waals surface area contributed by atoms with Crippen molar-refractivity contribution in [3.8, 4) is 0 Å². The number of unbranched alkanes of at least 4 members (excludes halogenated alkanes) is 2. The standard InChI is InChI=1S/C30H47N7O8S/c1-18(2)25(36-23(38)9-5-4-6-15-37-24(39)16-22(46)28(37)42)27(41)35-21(8-7-14-33-29(31)43)26(40)34-20-12-10-19(11-13-20)17-45-30(44)32-3/h10-13,18,21-22,25,29,33,43,46H,4-9,14-17,31H2,1-3H3,(H,32,44)(H,34,40)(H,35,41)(H,36,38)/t21-,22?,25-,29?/m0/s1. The van der Waals surface area contributed by atoms with Crippen LogP contribution in [0, 0.1) is 5.92 Å². The minimum Gasteiger partial charge on any atom is -0.445 e. The van der Waals surface area contributed by atoms with E-state index in [1.807, 2.05) is 0 Å². The van der Waals surface area contributed by atoms with E-state index in [1.54, 1.807) is 38.1 Å². The molecule has 1 aliphatic heterocycles. The number of thiol groups is 1. The number of amides is 6. The minimum absolute atomic E-state index is 0.0479. The van der Waals surface area contributed by atoms with Gasteiger partial charge in [-0.25, -0.2) is 4.79 Å². The van der Waals surface area contributed by atoms with Crippen molar-refractivity contribution < 1.29 is 38.6 Å². The fourth-order valence-electron chi connectivity index (χ4n) is 4.63. The van der Waals surface area contributed by atoms with Gasteiger partial charge < -0.3 is 31.1 Å². The molecular formula is C30H47N7O8S. The fourth-order valence-corrected chi connectivity index (χ4v) is 4.93. The number of aliphatic hydroxyl groups excluding tert-OH is 1. The third-order valence-corrected chi connectivity index (χ3v) is 7.63. The Morgan fingerprint density at radius 1 is 1.04 bits per heavy atom. The largest absolute Gasteiger partial charge is 0.445 e. The van der Waals surface area contributed by atoms with Gasteiger partial charge in [0.25, 0.3) is 0 Å². The van der Waals surface area contributed by atoms with E-state index in [-0.39, 0.29) is 62.6 Å². The lowest BCUT2D eigenvalue weighted by Gasteiger charge is -2.25. The first kappa shape index (κ1) is 38.5. The van der Waals surface area contributed by atoms with Gasteiger partial charge in [-0.1, -0.05) is 32.4 Å². The molecule has 1 aromatic rings. The van der Waals surface area contributed by atoms with Crippen LogP contribution >= 0.6 is 12.6 Å². The number of nitrogens with two attached hydrogens (primary N) is 1. The first-order valence-electron chi connectivity index (χ1n) is 15.4. The molecule has 0 spiro atoms. The highest BCUT2D eigenvalue weighted by Gasteiger charge is 2.35. The third-order valence-electron chi connectivity index (χ3n) is 7.22. The Hall–Kier alpha value is -3.73. The van der Waals surface area contributed by atoms with E-state index in [4.69, 9.17) is 10.5 Å². The van der Waals surface area contributed by atoms with Crippen LogP contribution in [0.4, 0.5) is 10.5 Å². The molecule has 1 heterocycles. The number of rotatable bonds is 19. The number of aliphatic hydroxyl groups is 1. The Labute approximate surface area is 274 Å². The van der Waals surface area contributed by atoms with E-state index < -0.39 is 41.6 Å². The Morgan fingerprint density at radius 2 is 1.74 bits per heavy atom. The number of hydrogen-bond donors (Lipinski definition) is 8. The van der Waals surface area contributed by atoms with Gasteiger partial charge in [-0.05, 0) is 55.8 Å². The highest BCUT2D eigenvalue weighted by molar-refractivity contribution is 7.81. The van der Waals surface area contributed by atoms with Crippen molar-refractivity contribution >= 4 is 53.9 Å². The molecule has 0 aliphatic carbocycles. The molecule has 15 nitrogen and oxygen atoms in total. The molecule has 1 saturated heterocycles. The maximum absolute atomic E-state index is 13.3. The number of hydrogen-bond acceptors (Lipinski definition) is 11. The van der Waals surface area contributed by atoms with Crippen molar-refractivity contribution in [2.45, 2.75) is 89.1 Å². The van der Waals surface area contributed by atoms with Crippen LogP contribution in [0.3, 0.4) is 0 Å². The molecule has 46 heavy (non-hydrogen) atoms. The molecule has 8 N–H and O–H groups in total. The summed E-state index contributed by atoms with van der Waals surface area (Å²) in [5, 5.41) is 22.0. The molecular weight excluding hydrogens is 618 g/mol. The molecule has 2 unspecified atom stereocenters. The number of nitrogens with one attached hydrogen (secondary N) is 5. The van der Waals surface area contributed by atoms with Crippen LogP contribution in [0.25, 0.3) is 0 Å². The van der Waals surface area contributed by atoms with Gasteiger partial charge in [0.1, 0.15) is 18.7 Å². The van der Waals surface area contributed by atoms with Gasteiger partial charge in [0.2, 0.25) is 29.5 Å². The van der Waals surface area contributed by atoms with E-state index in [0.717, 1.165) is 0 Å². The summed E-state index contributed by atoms with van der Waals surface area (Å²) in [4.78, 5) is 75.7. The van der Waals surface area contributed by atoms with Crippen LogP contribution in [0.15, 0.2) is 24.3 Å². The van der Waals surface area contributed by atoms with Gasteiger partial charge in [-0.2, -0.15) is 12.6 Å². The van der Waals surface area contributed by atoms with Gasteiger partial charge in [-0.3, -0.25) is 39.9 Å². The van der Waals surface area contributed by atoms with Gasteiger partial charge in [0.15, 0.2) is 6.35 Å². The summed E-state index contributed by atoms with van der Waals surface area (Å²) in [6, 6.07) is 4.78. The number of nitrogens with zero attached hydrogens (tertiary/aromatic N) is 1. The maximum atomic E-state index is 13.3. The molecule has 0 saturated carbocycles. The Kier molecular flexibility index (Phi) is 16.5. The number of anilines is 1. The van der Waals surface area contributed by atoms with E-state index in [1.165, 1.54) is 11.9 Å². The van der Waals surface area contributed by atoms with Crippen molar-refractivity contribution in [3.05, 3.63) is 29.8 Å². The summed E-state index contributed by atoms with van der Waals surface area (Å²) in [6.45, 7) is 4.18. The van der Waals surface area contributed by atoms with Crippen LogP contribution in [0.1, 0.15) is 64.4 Å². The molecule has 0 aromatic heterocycles. The number of alkyl carbamates (subject to hydrolysis) is 1. The maximum Gasteiger partial charge on any atom is 0.407 e. The molecule has 0 bridgehead atoms. The van der Waals surface area contributed by atoms with Gasteiger partial charge in [-0.15, -0.1) is 0 Å². The zero-order chi connectivity index (χ0) is 34.2. The number of ether oxygens (including phenoxy) is 1. The molecule has 1 aromatic carbocycles. The number of carbonyl (C=O) groups is 6. The first-order valence-corrected chi connectivity index (χ1v) is 15.9. The van der Waals surface area contributed by atoms with E-state index in [2.05, 4.69) is 39.2 Å². The highest BCUT2D eigenvalue weighted by atomic mass is 32.1. The van der Waals surface area contributed by atoms with Crippen LogP contribution in [0.2, 0.25) is 0 Å². The van der Waals surface area contributed by atoms with Crippen molar-refractivity contribution in [2.75, 3.05) is 25.5 Å². The van der Waals surface area contributed by atoms with Crippen molar-refractivity contribution in [2.24, 2.45) is 11.7 Å². The minimum atomic E-state index is -1.22. The molecule has 1 aliphatic rings. The Morgan fingerprint density at radius 3 is 2.33 bits per heavy atom. The second-order valence-corrected chi connectivity index (χ2v) is 11.9.